The number of aryl methyl sites for hydroxylation is 1. The number of hydrogen-bond donors (Lipinski definition) is 2. The van der Waals surface area contributed by atoms with Gasteiger partial charge in [0.15, 0.2) is 5.82 Å². The Bertz CT molecular complexity index is 641. The molecule has 0 spiro atoms. The molecule has 0 atom stereocenters. The molecule has 0 unspecified atom stereocenters. The summed E-state index contributed by atoms with van der Waals surface area (Å²) in [5.41, 5.74) is 0.971. The molecule has 9 heteroatoms. The van der Waals surface area contributed by atoms with Gasteiger partial charge in [-0.25, -0.2) is 13.1 Å². The molecule has 7 nitrogen and oxygen atoms in total. The molecule has 1 aromatic carbocycles. The number of sulfonamides is 1. The van der Waals surface area contributed by atoms with Crippen molar-refractivity contribution in [2.45, 2.75) is 18.4 Å². The molecular formula is C9H10BrN5O2S. The van der Waals surface area contributed by atoms with Crippen molar-refractivity contribution < 1.29 is 8.42 Å². The molecule has 2 aromatic rings. The lowest BCUT2D eigenvalue weighted by Gasteiger charge is -2.07. The van der Waals surface area contributed by atoms with Gasteiger partial charge >= 0.3 is 0 Å². The maximum Gasteiger partial charge on any atom is 0.242 e. The van der Waals surface area contributed by atoms with E-state index >= 15 is 0 Å². The third-order valence-electron chi connectivity index (χ3n) is 2.19. The predicted molar refractivity (Wildman–Crippen MR) is 67.1 cm³/mol. The van der Waals surface area contributed by atoms with Crippen molar-refractivity contribution in [2.75, 3.05) is 0 Å². The molecule has 0 radical (unpaired) electrons. The van der Waals surface area contributed by atoms with Crippen LogP contribution in [-0.2, 0) is 16.6 Å². The van der Waals surface area contributed by atoms with Gasteiger partial charge in [-0.3, -0.25) is 0 Å². The van der Waals surface area contributed by atoms with E-state index in [0.29, 0.717) is 4.47 Å². The molecule has 2 N–H and O–H groups in total. The zero-order valence-corrected chi connectivity index (χ0v) is 11.8. The van der Waals surface area contributed by atoms with Crippen LogP contribution in [0.4, 0.5) is 0 Å². The summed E-state index contributed by atoms with van der Waals surface area (Å²) in [5, 5.41) is 12.9. The van der Waals surface area contributed by atoms with Gasteiger partial charge in [-0.2, -0.15) is 5.21 Å². The molecule has 0 saturated carbocycles. The van der Waals surface area contributed by atoms with Crippen molar-refractivity contribution in [1.29, 1.82) is 0 Å². The van der Waals surface area contributed by atoms with Gasteiger partial charge in [0.1, 0.15) is 0 Å². The van der Waals surface area contributed by atoms with E-state index in [0.717, 1.165) is 5.56 Å². The lowest BCUT2D eigenvalue weighted by Crippen LogP contribution is -2.24. The zero-order chi connectivity index (χ0) is 13.2. The minimum Gasteiger partial charge on any atom is -0.207 e. The number of nitrogens with zero attached hydrogens (tertiary/aromatic N) is 3. The molecule has 0 fully saturated rings. The third-order valence-corrected chi connectivity index (χ3v) is 4.56. The molecule has 0 aliphatic rings. The van der Waals surface area contributed by atoms with Crippen molar-refractivity contribution in [3.8, 4) is 0 Å². The molecular weight excluding hydrogens is 322 g/mol. The summed E-state index contributed by atoms with van der Waals surface area (Å²) in [6.07, 6.45) is 0. The highest BCUT2D eigenvalue weighted by Crippen LogP contribution is 2.22. The quantitative estimate of drug-likeness (QED) is 0.860. The second-order valence-electron chi connectivity index (χ2n) is 3.59. The Hall–Kier alpha value is -1.32. The van der Waals surface area contributed by atoms with E-state index in [2.05, 4.69) is 41.3 Å². The molecule has 18 heavy (non-hydrogen) atoms. The first-order valence-electron chi connectivity index (χ1n) is 4.97. The largest absolute Gasteiger partial charge is 0.242 e. The van der Waals surface area contributed by atoms with Crippen molar-refractivity contribution >= 4 is 26.0 Å². The van der Waals surface area contributed by atoms with E-state index in [1.54, 1.807) is 12.1 Å². The summed E-state index contributed by atoms with van der Waals surface area (Å²) in [6.45, 7) is 1.87. The number of nitrogens with one attached hydrogen (secondary N) is 2. The Morgan fingerprint density at radius 1 is 1.44 bits per heavy atom. The van der Waals surface area contributed by atoms with Crippen LogP contribution in [0.15, 0.2) is 27.6 Å². The van der Waals surface area contributed by atoms with E-state index in [4.69, 9.17) is 0 Å². The van der Waals surface area contributed by atoms with Gasteiger partial charge < -0.3 is 0 Å². The molecule has 0 saturated heterocycles. The molecule has 0 aliphatic heterocycles. The first-order valence-corrected chi connectivity index (χ1v) is 7.25. The molecule has 0 aliphatic carbocycles. The lowest BCUT2D eigenvalue weighted by molar-refractivity contribution is 0.579. The van der Waals surface area contributed by atoms with Crippen molar-refractivity contribution in [3.63, 3.8) is 0 Å². The summed E-state index contributed by atoms with van der Waals surface area (Å²) >= 11 is 3.23. The average molecular weight is 332 g/mol. The Labute approximate surface area is 112 Å². The lowest BCUT2D eigenvalue weighted by atomic mass is 10.2. The predicted octanol–water partition coefficient (Wildman–Crippen LogP) is 0.749. The van der Waals surface area contributed by atoms with E-state index < -0.39 is 10.0 Å². The van der Waals surface area contributed by atoms with Crippen LogP contribution in [0.1, 0.15) is 11.4 Å². The first-order chi connectivity index (χ1) is 8.49. The topological polar surface area (TPSA) is 101 Å². The minimum atomic E-state index is -3.60. The van der Waals surface area contributed by atoms with Crippen LogP contribution in [-0.4, -0.2) is 29.0 Å². The van der Waals surface area contributed by atoms with E-state index in [9.17, 15) is 8.42 Å². The van der Waals surface area contributed by atoms with Crippen LogP contribution in [0.3, 0.4) is 0 Å². The van der Waals surface area contributed by atoms with E-state index in [-0.39, 0.29) is 17.3 Å². The number of aromatic amines is 1. The maximum atomic E-state index is 12.0. The van der Waals surface area contributed by atoms with Gasteiger partial charge in [-0.05, 0) is 40.5 Å². The Balaban J connectivity index is 2.20. The molecule has 96 valence electrons. The number of aromatic nitrogens is 4. The molecule has 0 amide bonds. The van der Waals surface area contributed by atoms with Crippen LogP contribution < -0.4 is 4.72 Å². The first kappa shape index (κ1) is 13.1. The van der Waals surface area contributed by atoms with Gasteiger partial charge in [0.2, 0.25) is 10.0 Å². The van der Waals surface area contributed by atoms with Crippen LogP contribution in [0.25, 0.3) is 0 Å². The molecule has 1 aromatic heterocycles. The number of H-pyrrole nitrogens is 1. The van der Waals surface area contributed by atoms with Crippen LogP contribution in [0.2, 0.25) is 0 Å². The number of rotatable bonds is 4. The second kappa shape index (κ2) is 5.12. The fourth-order valence-corrected chi connectivity index (χ4v) is 3.49. The van der Waals surface area contributed by atoms with Gasteiger partial charge in [0.25, 0.3) is 0 Å². The molecule has 1 heterocycles. The van der Waals surface area contributed by atoms with Crippen LogP contribution >= 0.6 is 15.9 Å². The average Bonchev–Trinajstić information content (AvgIpc) is 2.78. The highest BCUT2D eigenvalue weighted by atomic mass is 79.9. The monoisotopic (exact) mass is 331 g/mol. The van der Waals surface area contributed by atoms with Gasteiger partial charge in [-0.1, -0.05) is 11.3 Å². The maximum absolute atomic E-state index is 12.0. The second-order valence-corrected chi connectivity index (χ2v) is 6.18. The minimum absolute atomic E-state index is 0.0147. The highest BCUT2D eigenvalue weighted by Gasteiger charge is 2.17. The number of halogens is 1. The van der Waals surface area contributed by atoms with E-state index in [1.807, 2.05) is 6.92 Å². The van der Waals surface area contributed by atoms with Gasteiger partial charge in [0.05, 0.1) is 11.4 Å². The Kier molecular flexibility index (Phi) is 3.73. The smallest absolute Gasteiger partial charge is 0.207 e. The fourth-order valence-electron chi connectivity index (χ4n) is 1.32. The highest BCUT2D eigenvalue weighted by molar-refractivity contribution is 9.10. The summed E-state index contributed by atoms with van der Waals surface area (Å²) in [5.74, 6) is 0.279. The fraction of sp³-hybridized carbons (Fsp3) is 0.222. The number of benzene rings is 1. The van der Waals surface area contributed by atoms with Crippen LogP contribution in [0.5, 0.6) is 0 Å². The zero-order valence-electron chi connectivity index (χ0n) is 9.38. The van der Waals surface area contributed by atoms with Crippen molar-refractivity contribution in [3.05, 3.63) is 34.1 Å². The summed E-state index contributed by atoms with van der Waals surface area (Å²) in [6, 6.07) is 5.01. The van der Waals surface area contributed by atoms with Crippen molar-refractivity contribution in [1.82, 2.24) is 25.3 Å². The summed E-state index contributed by atoms with van der Waals surface area (Å²) in [4.78, 5) is 0.177. The summed E-state index contributed by atoms with van der Waals surface area (Å²) < 4.78 is 27.0. The Morgan fingerprint density at radius 2 is 2.22 bits per heavy atom. The Morgan fingerprint density at radius 3 is 2.83 bits per heavy atom. The summed E-state index contributed by atoms with van der Waals surface area (Å²) in [7, 11) is -3.60. The molecule has 0 bridgehead atoms. The van der Waals surface area contributed by atoms with Crippen molar-refractivity contribution in [2.24, 2.45) is 0 Å². The SMILES string of the molecule is Cc1ccc(S(=O)(=O)NCc2nn[nH]n2)c(Br)c1. The normalized spacial score (nSPS) is 11.7. The van der Waals surface area contributed by atoms with E-state index in [1.165, 1.54) is 6.07 Å². The number of hydrogen-bond acceptors (Lipinski definition) is 5. The number of tetrazole rings is 1. The molecule has 2 rings (SSSR count). The third kappa shape index (κ3) is 2.92. The standard InChI is InChI=1S/C9H10BrN5O2S/c1-6-2-3-8(7(10)4-6)18(16,17)11-5-9-12-14-15-13-9/h2-4,11H,5H2,1H3,(H,12,13,14,15). The van der Waals surface area contributed by atoms with Crippen LogP contribution in [0, 0.1) is 6.92 Å². The van der Waals surface area contributed by atoms with Gasteiger partial charge in [0, 0.05) is 4.47 Å². The van der Waals surface area contributed by atoms with Gasteiger partial charge in [-0.15, -0.1) is 10.2 Å².